The lowest BCUT2D eigenvalue weighted by atomic mass is 10.1. The van der Waals surface area contributed by atoms with Gasteiger partial charge in [-0.3, -0.25) is 9.78 Å². The zero-order valence-corrected chi connectivity index (χ0v) is 13.5. The van der Waals surface area contributed by atoms with Crippen molar-refractivity contribution in [3.8, 4) is 0 Å². The Labute approximate surface area is 143 Å². The van der Waals surface area contributed by atoms with E-state index < -0.39 is 17.6 Å². The van der Waals surface area contributed by atoms with Crippen molar-refractivity contribution >= 4 is 11.9 Å². The maximum absolute atomic E-state index is 13.9. The van der Waals surface area contributed by atoms with Gasteiger partial charge in [-0.1, -0.05) is 6.07 Å². The van der Waals surface area contributed by atoms with Gasteiger partial charge in [-0.25, -0.2) is 13.6 Å². The second kappa shape index (κ2) is 6.96. The molecule has 3 rings (SSSR count). The molecule has 1 heterocycles. The second-order valence-corrected chi connectivity index (χ2v) is 5.82. The predicted molar refractivity (Wildman–Crippen MR) is 84.8 cm³/mol. The number of carbonyl (C=O) groups excluding carboxylic acids is 2. The summed E-state index contributed by atoms with van der Waals surface area (Å²) in [5, 5.41) is 0. The molecule has 0 saturated heterocycles. The number of pyridine rings is 1. The molecule has 130 valence electrons. The zero-order chi connectivity index (χ0) is 18.0. The van der Waals surface area contributed by atoms with Crippen molar-refractivity contribution in [2.75, 3.05) is 7.11 Å². The minimum atomic E-state index is -0.688. The van der Waals surface area contributed by atoms with E-state index in [4.69, 9.17) is 0 Å². The Hall–Kier alpha value is -2.83. The Kier molecular flexibility index (Phi) is 4.74. The third-order valence-corrected chi connectivity index (χ3v) is 4.01. The number of hydrogen-bond acceptors (Lipinski definition) is 4. The molecule has 1 aliphatic rings. The SMILES string of the molecule is COC(=O)c1ccc(C(=O)N(Cc2ccc(F)cc2F)C2CC2)nc1. The first-order chi connectivity index (χ1) is 12.0. The van der Waals surface area contributed by atoms with Gasteiger partial charge in [-0.15, -0.1) is 0 Å². The molecule has 1 aliphatic carbocycles. The minimum absolute atomic E-state index is 0.0130. The topological polar surface area (TPSA) is 59.5 Å². The van der Waals surface area contributed by atoms with Gasteiger partial charge in [0.15, 0.2) is 0 Å². The molecule has 1 aromatic carbocycles. The number of nitrogens with zero attached hydrogens (tertiary/aromatic N) is 2. The van der Waals surface area contributed by atoms with E-state index in [1.807, 2.05) is 0 Å². The molecule has 1 amide bonds. The molecule has 0 unspecified atom stereocenters. The van der Waals surface area contributed by atoms with Crippen LogP contribution in [0, 0.1) is 11.6 Å². The molecule has 1 fully saturated rings. The number of rotatable bonds is 5. The van der Waals surface area contributed by atoms with Gasteiger partial charge in [0.2, 0.25) is 0 Å². The molecule has 0 aliphatic heterocycles. The molecule has 0 bridgehead atoms. The minimum Gasteiger partial charge on any atom is -0.465 e. The standard InChI is InChI=1S/C18H16F2N2O3/c1-25-18(24)11-3-7-16(21-9-11)17(23)22(14-5-6-14)10-12-2-4-13(19)8-15(12)20/h2-4,7-9,14H,5-6,10H2,1H3. The van der Waals surface area contributed by atoms with Crippen LogP contribution in [0.4, 0.5) is 8.78 Å². The lowest BCUT2D eigenvalue weighted by molar-refractivity contribution is 0.0598. The summed E-state index contributed by atoms with van der Waals surface area (Å²) in [5.41, 5.74) is 0.636. The first-order valence-corrected chi connectivity index (χ1v) is 7.79. The first-order valence-electron chi connectivity index (χ1n) is 7.79. The number of benzene rings is 1. The van der Waals surface area contributed by atoms with Crippen molar-refractivity contribution in [2.45, 2.75) is 25.4 Å². The molecular formula is C18H16F2N2O3. The zero-order valence-electron chi connectivity index (χ0n) is 13.5. The Balaban J connectivity index is 1.80. The quantitative estimate of drug-likeness (QED) is 0.781. The summed E-state index contributed by atoms with van der Waals surface area (Å²) >= 11 is 0. The Morgan fingerprint density at radius 1 is 1.24 bits per heavy atom. The van der Waals surface area contributed by atoms with Gasteiger partial charge in [0, 0.05) is 30.4 Å². The highest BCUT2D eigenvalue weighted by Crippen LogP contribution is 2.30. The number of aromatic nitrogens is 1. The lowest BCUT2D eigenvalue weighted by Gasteiger charge is -2.22. The van der Waals surface area contributed by atoms with Crippen molar-refractivity contribution < 1.29 is 23.1 Å². The summed E-state index contributed by atoms with van der Waals surface area (Å²) in [4.78, 5) is 29.7. The Morgan fingerprint density at radius 3 is 2.56 bits per heavy atom. The van der Waals surface area contributed by atoms with Crippen LogP contribution in [0.25, 0.3) is 0 Å². The maximum atomic E-state index is 13.9. The molecule has 0 atom stereocenters. The van der Waals surface area contributed by atoms with Gasteiger partial charge in [-0.2, -0.15) is 0 Å². The third-order valence-electron chi connectivity index (χ3n) is 4.01. The number of esters is 1. The number of amides is 1. The molecule has 7 heteroatoms. The molecule has 0 spiro atoms. The summed E-state index contributed by atoms with van der Waals surface area (Å²) in [6.07, 6.45) is 2.92. The van der Waals surface area contributed by atoms with E-state index in [-0.39, 0.29) is 35.3 Å². The molecular weight excluding hydrogens is 330 g/mol. The van der Waals surface area contributed by atoms with E-state index in [1.54, 1.807) is 0 Å². The molecule has 0 radical (unpaired) electrons. The predicted octanol–water partition coefficient (Wildman–Crippen LogP) is 2.95. The fourth-order valence-corrected chi connectivity index (χ4v) is 2.49. The van der Waals surface area contributed by atoms with Crippen molar-refractivity contribution in [3.63, 3.8) is 0 Å². The van der Waals surface area contributed by atoms with Crippen LogP contribution in [-0.2, 0) is 11.3 Å². The van der Waals surface area contributed by atoms with Gasteiger partial charge < -0.3 is 9.64 Å². The highest BCUT2D eigenvalue weighted by molar-refractivity contribution is 5.94. The number of hydrogen-bond donors (Lipinski definition) is 0. The summed E-state index contributed by atoms with van der Waals surface area (Å²) < 4.78 is 31.5. The third kappa shape index (κ3) is 3.81. The van der Waals surface area contributed by atoms with Gasteiger partial charge in [-0.05, 0) is 31.0 Å². The van der Waals surface area contributed by atoms with Gasteiger partial charge in [0.05, 0.1) is 12.7 Å². The monoisotopic (exact) mass is 346 g/mol. The fraction of sp³-hybridized carbons (Fsp3) is 0.278. The number of ether oxygens (including phenoxy) is 1. The Bertz CT molecular complexity index is 804. The highest BCUT2D eigenvalue weighted by Gasteiger charge is 2.34. The van der Waals surface area contributed by atoms with E-state index in [1.165, 1.54) is 36.4 Å². The van der Waals surface area contributed by atoms with Crippen molar-refractivity contribution in [2.24, 2.45) is 0 Å². The van der Waals surface area contributed by atoms with Crippen LogP contribution in [0.1, 0.15) is 39.3 Å². The van der Waals surface area contributed by atoms with E-state index >= 15 is 0 Å². The van der Waals surface area contributed by atoms with Crippen LogP contribution in [0.5, 0.6) is 0 Å². The van der Waals surface area contributed by atoms with Crippen LogP contribution in [0.15, 0.2) is 36.5 Å². The van der Waals surface area contributed by atoms with Crippen LogP contribution in [0.2, 0.25) is 0 Å². The van der Waals surface area contributed by atoms with Gasteiger partial charge in [0.1, 0.15) is 17.3 Å². The van der Waals surface area contributed by atoms with E-state index in [9.17, 15) is 18.4 Å². The normalized spacial score (nSPS) is 13.4. The maximum Gasteiger partial charge on any atom is 0.339 e. The lowest BCUT2D eigenvalue weighted by Crippen LogP contribution is -2.33. The fourth-order valence-electron chi connectivity index (χ4n) is 2.49. The number of carbonyl (C=O) groups is 2. The first kappa shape index (κ1) is 17.0. The summed E-state index contributed by atoms with van der Waals surface area (Å²) in [5.74, 6) is -2.25. The van der Waals surface area contributed by atoms with Gasteiger partial charge >= 0.3 is 5.97 Å². The smallest absolute Gasteiger partial charge is 0.339 e. The summed E-state index contributed by atoms with van der Waals surface area (Å²) in [7, 11) is 1.26. The van der Waals surface area contributed by atoms with E-state index in [0.29, 0.717) is 0 Å². The Morgan fingerprint density at radius 2 is 2.00 bits per heavy atom. The largest absolute Gasteiger partial charge is 0.465 e. The molecule has 1 saturated carbocycles. The molecule has 5 nitrogen and oxygen atoms in total. The van der Waals surface area contributed by atoms with Crippen LogP contribution >= 0.6 is 0 Å². The molecule has 1 aromatic heterocycles. The van der Waals surface area contributed by atoms with E-state index in [2.05, 4.69) is 9.72 Å². The number of methoxy groups -OCH3 is 1. The van der Waals surface area contributed by atoms with Crippen LogP contribution in [0.3, 0.4) is 0 Å². The average molecular weight is 346 g/mol. The van der Waals surface area contributed by atoms with Crippen molar-refractivity contribution in [3.05, 3.63) is 65.0 Å². The van der Waals surface area contributed by atoms with Gasteiger partial charge in [0.25, 0.3) is 5.91 Å². The molecule has 2 aromatic rings. The highest BCUT2D eigenvalue weighted by atomic mass is 19.1. The van der Waals surface area contributed by atoms with Crippen molar-refractivity contribution in [1.82, 2.24) is 9.88 Å². The summed E-state index contributed by atoms with van der Waals surface area (Å²) in [6.45, 7) is 0.0377. The second-order valence-electron chi connectivity index (χ2n) is 5.82. The summed E-state index contributed by atoms with van der Waals surface area (Å²) in [6, 6.07) is 6.20. The van der Waals surface area contributed by atoms with Crippen LogP contribution in [-0.4, -0.2) is 34.9 Å². The molecule has 0 N–H and O–H groups in total. The number of halogens is 2. The van der Waals surface area contributed by atoms with Crippen molar-refractivity contribution in [1.29, 1.82) is 0 Å². The van der Waals surface area contributed by atoms with Crippen LogP contribution < -0.4 is 0 Å². The van der Waals surface area contributed by atoms with E-state index in [0.717, 1.165) is 25.0 Å². The average Bonchev–Trinajstić information content (AvgIpc) is 3.45. The molecule has 25 heavy (non-hydrogen) atoms.